The molecule has 1 unspecified atom stereocenters. The molecule has 3 rings (SSSR count). The second kappa shape index (κ2) is 8.01. The van der Waals surface area contributed by atoms with E-state index in [2.05, 4.69) is 36.0 Å². The molecule has 1 aliphatic carbocycles. The molecule has 1 aromatic carbocycles. The van der Waals surface area contributed by atoms with Crippen molar-refractivity contribution < 1.29 is 0 Å². The summed E-state index contributed by atoms with van der Waals surface area (Å²) in [5, 5.41) is 0. The van der Waals surface area contributed by atoms with Gasteiger partial charge in [0, 0.05) is 24.3 Å². The summed E-state index contributed by atoms with van der Waals surface area (Å²) in [5.41, 5.74) is 13.3. The zero-order valence-electron chi connectivity index (χ0n) is 15.6. The van der Waals surface area contributed by atoms with E-state index in [1.807, 2.05) is 12.1 Å². The fraction of sp³-hybridized carbons (Fsp3) is 0.500. The van der Waals surface area contributed by atoms with E-state index in [9.17, 15) is 4.79 Å². The van der Waals surface area contributed by atoms with Gasteiger partial charge in [0.25, 0.3) is 0 Å². The lowest BCUT2D eigenvalue weighted by atomic mass is 9.90. The lowest BCUT2D eigenvalue weighted by molar-refractivity contribution is 0.140. The normalized spacial score (nSPS) is 21.7. The predicted octanol–water partition coefficient (Wildman–Crippen LogP) is 1.95. The van der Waals surface area contributed by atoms with Crippen LogP contribution in [0.2, 0.25) is 0 Å². The fourth-order valence-electron chi connectivity index (χ4n) is 3.76. The van der Waals surface area contributed by atoms with E-state index in [1.165, 1.54) is 23.0 Å². The van der Waals surface area contributed by atoms with Gasteiger partial charge in [-0.3, -0.25) is 4.57 Å². The lowest BCUT2D eigenvalue weighted by Crippen LogP contribution is -2.43. The van der Waals surface area contributed by atoms with E-state index in [0.717, 1.165) is 24.9 Å². The van der Waals surface area contributed by atoms with Crippen LogP contribution in [0.25, 0.3) is 5.69 Å². The zero-order valence-corrected chi connectivity index (χ0v) is 15.6. The SMILES string of the molecule is CC(Cc1ccc(-n2ccc(N)nc2=O)cc1)N(C)[C@H]1CC[C@@H](N)CC1. The number of benzene rings is 1. The summed E-state index contributed by atoms with van der Waals surface area (Å²) in [5.74, 6) is 0.239. The van der Waals surface area contributed by atoms with Crippen LogP contribution in [0.5, 0.6) is 0 Å². The van der Waals surface area contributed by atoms with Crippen molar-refractivity contribution in [3.63, 3.8) is 0 Å². The highest BCUT2D eigenvalue weighted by Crippen LogP contribution is 2.23. The molecule has 2 aromatic rings. The molecular weight excluding hydrogens is 326 g/mol. The smallest absolute Gasteiger partial charge is 0.354 e. The summed E-state index contributed by atoms with van der Waals surface area (Å²) < 4.78 is 1.50. The molecule has 0 spiro atoms. The van der Waals surface area contributed by atoms with Crippen molar-refractivity contribution in [1.82, 2.24) is 14.5 Å². The van der Waals surface area contributed by atoms with Crippen molar-refractivity contribution in [2.75, 3.05) is 12.8 Å². The maximum atomic E-state index is 11.9. The third kappa shape index (κ3) is 4.31. The monoisotopic (exact) mass is 355 g/mol. The van der Waals surface area contributed by atoms with Gasteiger partial charge in [-0.25, -0.2) is 4.79 Å². The Kier molecular flexibility index (Phi) is 5.74. The maximum Gasteiger partial charge on any atom is 0.354 e. The minimum absolute atomic E-state index is 0.239. The highest BCUT2D eigenvalue weighted by Gasteiger charge is 2.24. The third-order valence-corrected chi connectivity index (χ3v) is 5.58. The number of nitrogen functional groups attached to an aromatic ring is 1. The van der Waals surface area contributed by atoms with Gasteiger partial charge in [0.1, 0.15) is 5.82 Å². The first kappa shape index (κ1) is 18.6. The molecule has 1 aromatic heterocycles. The number of rotatable bonds is 5. The number of nitrogens with two attached hydrogens (primary N) is 2. The average molecular weight is 355 g/mol. The largest absolute Gasteiger partial charge is 0.383 e. The Bertz CT molecular complexity index is 778. The summed E-state index contributed by atoms with van der Waals surface area (Å²) >= 11 is 0. The molecule has 1 atom stereocenters. The van der Waals surface area contributed by atoms with E-state index in [1.54, 1.807) is 12.3 Å². The van der Waals surface area contributed by atoms with Gasteiger partial charge in [0.05, 0.1) is 5.69 Å². The molecule has 1 saturated carbocycles. The van der Waals surface area contributed by atoms with E-state index in [-0.39, 0.29) is 11.5 Å². The molecule has 6 nitrogen and oxygen atoms in total. The highest BCUT2D eigenvalue weighted by atomic mass is 16.1. The number of anilines is 1. The fourth-order valence-corrected chi connectivity index (χ4v) is 3.76. The molecule has 0 bridgehead atoms. The summed E-state index contributed by atoms with van der Waals surface area (Å²) in [6.45, 7) is 2.27. The van der Waals surface area contributed by atoms with Crippen molar-refractivity contribution >= 4 is 5.82 Å². The van der Waals surface area contributed by atoms with Crippen molar-refractivity contribution in [1.29, 1.82) is 0 Å². The molecule has 4 N–H and O–H groups in total. The van der Waals surface area contributed by atoms with Gasteiger partial charge in [0.2, 0.25) is 0 Å². The summed E-state index contributed by atoms with van der Waals surface area (Å²) in [6.07, 6.45) is 7.27. The van der Waals surface area contributed by atoms with Crippen LogP contribution in [0.1, 0.15) is 38.2 Å². The quantitative estimate of drug-likeness (QED) is 0.855. The third-order valence-electron chi connectivity index (χ3n) is 5.58. The molecule has 0 radical (unpaired) electrons. The van der Waals surface area contributed by atoms with Gasteiger partial charge >= 0.3 is 5.69 Å². The highest BCUT2D eigenvalue weighted by molar-refractivity contribution is 5.36. The van der Waals surface area contributed by atoms with Crippen molar-refractivity contribution in [3.05, 3.63) is 52.6 Å². The molecular formula is C20H29N5O. The second-order valence-electron chi connectivity index (χ2n) is 7.46. The van der Waals surface area contributed by atoms with Crippen LogP contribution in [-0.2, 0) is 6.42 Å². The van der Waals surface area contributed by atoms with Gasteiger partial charge in [-0.15, -0.1) is 0 Å². The standard InChI is InChI=1S/C20H29N5O/c1-14(24(2)17-9-5-16(21)6-10-17)13-15-3-7-18(8-4-15)25-12-11-19(22)23-20(25)26/h3-4,7-8,11-12,14,16-17H,5-6,9-10,13,21H2,1-2H3,(H2,22,23,26)/t14?,16-,17+. The lowest BCUT2D eigenvalue weighted by Gasteiger charge is -2.37. The molecule has 6 heteroatoms. The van der Waals surface area contributed by atoms with Crippen molar-refractivity contribution in [3.8, 4) is 5.69 Å². The molecule has 140 valence electrons. The van der Waals surface area contributed by atoms with Gasteiger partial charge < -0.3 is 16.4 Å². The first-order chi connectivity index (χ1) is 12.4. The number of likely N-dealkylation sites (N-methyl/N-ethyl adjacent to an activating group) is 1. The van der Waals surface area contributed by atoms with Gasteiger partial charge in [-0.2, -0.15) is 4.98 Å². The predicted molar refractivity (Wildman–Crippen MR) is 105 cm³/mol. The number of hydrogen-bond donors (Lipinski definition) is 2. The van der Waals surface area contributed by atoms with Crippen LogP contribution >= 0.6 is 0 Å². The van der Waals surface area contributed by atoms with Crippen LogP contribution in [-0.4, -0.2) is 39.6 Å². The summed E-state index contributed by atoms with van der Waals surface area (Å²) in [7, 11) is 2.22. The molecule has 26 heavy (non-hydrogen) atoms. The van der Waals surface area contributed by atoms with E-state index < -0.39 is 0 Å². The van der Waals surface area contributed by atoms with Crippen LogP contribution < -0.4 is 17.2 Å². The van der Waals surface area contributed by atoms with Crippen LogP contribution in [0, 0.1) is 0 Å². The molecule has 0 amide bonds. The Morgan fingerprint density at radius 2 is 1.85 bits per heavy atom. The zero-order chi connectivity index (χ0) is 18.7. The van der Waals surface area contributed by atoms with Gasteiger partial charge in [0.15, 0.2) is 0 Å². The number of aromatic nitrogens is 2. The minimum Gasteiger partial charge on any atom is -0.383 e. The molecule has 1 aliphatic rings. The topological polar surface area (TPSA) is 90.2 Å². The first-order valence-electron chi connectivity index (χ1n) is 9.36. The molecule has 1 heterocycles. The van der Waals surface area contributed by atoms with Crippen molar-refractivity contribution in [2.45, 2.75) is 57.2 Å². The van der Waals surface area contributed by atoms with Crippen molar-refractivity contribution in [2.24, 2.45) is 5.73 Å². The number of nitrogens with zero attached hydrogens (tertiary/aromatic N) is 3. The Hall–Kier alpha value is -2.18. The van der Waals surface area contributed by atoms with E-state index >= 15 is 0 Å². The van der Waals surface area contributed by atoms with E-state index in [4.69, 9.17) is 11.5 Å². The minimum atomic E-state index is -0.360. The summed E-state index contributed by atoms with van der Waals surface area (Å²) in [4.78, 5) is 18.2. The average Bonchev–Trinajstić information content (AvgIpc) is 2.63. The Morgan fingerprint density at radius 3 is 2.46 bits per heavy atom. The van der Waals surface area contributed by atoms with Crippen LogP contribution in [0.3, 0.4) is 0 Å². The number of hydrogen-bond acceptors (Lipinski definition) is 5. The maximum absolute atomic E-state index is 11.9. The first-order valence-corrected chi connectivity index (χ1v) is 9.36. The Labute approximate surface area is 154 Å². The molecule has 0 aliphatic heterocycles. The Morgan fingerprint density at radius 1 is 1.19 bits per heavy atom. The van der Waals surface area contributed by atoms with Crippen LogP contribution in [0.4, 0.5) is 5.82 Å². The van der Waals surface area contributed by atoms with Gasteiger partial charge in [-0.1, -0.05) is 12.1 Å². The molecule has 0 saturated heterocycles. The summed E-state index contributed by atoms with van der Waals surface area (Å²) in [6, 6.07) is 11.2. The van der Waals surface area contributed by atoms with E-state index in [0.29, 0.717) is 18.1 Å². The Balaban J connectivity index is 1.64. The second-order valence-corrected chi connectivity index (χ2v) is 7.46. The van der Waals surface area contributed by atoms with Crippen LogP contribution in [0.15, 0.2) is 41.3 Å². The molecule has 1 fully saturated rings. The van der Waals surface area contributed by atoms with Gasteiger partial charge in [-0.05, 0) is 69.8 Å².